The van der Waals surface area contributed by atoms with E-state index in [0.717, 1.165) is 22.7 Å². The Morgan fingerprint density at radius 1 is 1.22 bits per heavy atom. The zero-order valence-corrected chi connectivity index (χ0v) is 10.4. The molecule has 0 saturated carbocycles. The lowest BCUT2D eigenvalue weighted by Crippen LogP contribution is -2.02. The predicted octanol–water partition coefficient (Wildman–Crippen LogP) is 0.724. The number of hydrogen-bond acceptors (Lipinski definition) is 5. The van der Waals surface area contributed by atoms with E-state index in [9.17, 15) is 0 Å². The van der Waals surface area contributed by atoms with Gasteiger partial charge in [0.2, 0.25) is 0 Å². The van der Waals surface area contributed by atoms with E-state index in [1.807, 2.05) is 24.3 Å². The van der Waals surface area contributed by atoms with Gasteiger partial charge in [0.15, 0.2) is 11.5 Å². The third-order valence-electron chi connectivity index (χ3n) is 2.91. The predicted molar refractivity (Wildman–Crippen MR) is 66.9 cm³/mol. The fourth-order valence-electron chi connectivity index (χ4n) is 2.03. The molecule has 0 aromatic carbocycles. The Morgan fingerprint density at radius 2 is 2.00 bits per heavy atom. The molecule has 2 N–H and O–H groups in total. The first-order valence-electron chi connectivity index (χ1n) is 5.55. The van der Waals surface area contributed by atoms with Gasteiger partial charge < -0.3 is 5.73 Å². The summed E-state index contributed by atoms with van der Waals surface area (Å²) in [4.78, 5) is 4.41. The zero-order chi connectivity index (χ0) is 12.9. The Labute approximate surface area is 103 Å². The summed E-state index contributed by atoms with van der Waals surface area (Å²) < 4.78 is 3.48. The minimum absolute atomic E-state index is 0.560. The molecule has 7 nitrogen and oxygen atoms in total. The quantitative estimate of drug-likeness (QED) is 0.680. The first-order valence-corrected chi connectivity index (χ1v) is 5.55. The number of hydrogen-bond donors (Lipinski definition) is 1. The van der Waals surface area contributed by atoms with Crippen LogP contribution in [0.5, 0.6) is 0 Å². The number of fused-ring (bicyclic) bond motifs is 1. The highest BCUT2D eigenvalue weighted by atomic mass is 15.3. The van der Waals surface area contributed by atoms with Gasteiger partial charge in [-0.05, 0) is 13.8 Å². The number of nitrogen functional groups attached to an aromatic ring is 1. The van der Waals surface area contributed by atoms with Gasteiger partial charge in [-0.1, -0.05) is 0 Å². The number of aryl methyl sites for hydroxylation is 3. The van der Waals surface area contributed by atoms with Gasteiger partial charge in [-0.2, -0.15) is 5.10 Å². The van der Waals surface area contributed by atoms with E-state index in [-0.39, 0.29) is 0 Å². The first-order chi connectivity index (χ1) is 8.58. The fourth-order valence-corrected chi connectivity index (χ4v) is 2.03. The van der Waals surface area contributed by atoms with Crippen molar-refractivity contribution in [1.82, 2.24) is 29.4 Å². The van der Waals surface area contributed by atoms with Crippen LogP contribution in [0.25, 0.3) is 17.0 Å². The third-order valence-corrected chi connectivity index (χ3v) is 2.91. The molecular formula is C11H13N7. The topological polar surface area (TPSA) is 86.9 Å². The summed E-state index contributed by atoms with van der Waals surface area (Å²) >= 11 is 0. The van der Waals surface area contributed by atoms with Crippen LogP contribution in [0, 0.1) is 13.8 Å². The average Bonchev–Trinajstić information content (AvgIpc) is 2.85. The maximum absolute atomic E-state index is 5.96. The number of nitrogens with zero attached hydrogens (tertiary/aromatic N) is 6. The molecule has 0 amide bonds. The molecule has 0 radical (unpaired) electrons. The molecule has 7 heteroatoms. The van der Waals surface area contributed by atoms with Gasteiger partial charge in [-0.25, -0.2) is 4.98 Å². The Hall–Kier alpha value is -2.44. The van der Waals surface area contributed by atoms with Crippen LogP contribution in [-0.2, 0) is 7.05 Å². The second-order valence-electron chi connectivity index (χ2n) is 4.23. The van der Waals surface area contributed by atoms with Crippen LogP contribution in [0.4, 0.5) is 5.82 Å². The van der Waals surface area contributed by atoms with Crippen molar-refractivity contribution in [2.24, 2.45) is 7.05 Å². The summed E-state index contributed by atoms with van der Waals surface area (Å²) in [6.07, 6.45) is 1.69. The van der Waals surface area contributed by atoms with E-state index >= 15 is 0 Å². The van der Waals surface area contributed by atoms with Gasteiger partial charge in [-0.15, -0.1) is 10.2 Å². The van der Waals surface area contributed by atoms with E-state index in [2.05, 4.69) is 20.3 Å². The Balaban J connectivity index is 2.34. The van der Waals surface area contributed by atoms with Crippen LogP contribution in [-0.4, -0.2) is 29.4 Å². The molecule has 0 spiro atoms. The summed E-state index contributed by atoms with van der Waals surface area (Å²) in [6.45, 7) is 3.85. The van der Waals surface area contributed by atoms with Crippen molar-refractivity contribution in [3.63, 3.8) is 0 Å². The molecule has 0 atom stereocenters. The maximum Gasteiger partial charge on any atom is 0.175 e. The van der Waals surface area contributed by atoms with Crippen molar-refractivity contribution in [3.05, 3.63) is 23.8 Å². The van der Waals surface area contributed by atoms with E-state index in [1.54, 1.807) is 17.9 Å². The van der Waals surface area contributed by atoms with Crippen molar-refractivity contribution >= 4 is 11.5 Å². The molecule has 0 saturated heterocycles. The van der Waals surface area contributed by atoms with Crippen molar-refractivity contribution in [1.29, 1.82) is 0 Å². The molecule has 18 heavy (non-hydrogen) atoms. The van der Waals surface area contributed by atoms with Crippen LogP contribution < -0.4 is 5.73 Å². The van der Waals surface area contributed by atoms with E-state index < -0.39 is 0 Å². The first kappa shape index (κ1) is 10.7. The summed E-state index contributed by atoms with van der Waals surface area (Å²) in [5.41, 5.74) is 8.40. The lowest BCUT2D eigenvalue weighted by Gasteiger charge is -2.03. The van der Waals surface area contributed by atoms with Gasteiger partial charge >= 0.3 is 0 Å². The normalized spacial score (nSPS) is 11.3. The molecule has 3 heterocycles. The van der Waals surface area contributed by atoms with Crippen LogP contribution >= 0.6 is 0 Å². The standard InChI is InChI=1S/C11H13N7/c1-6-4-9-15-16-11(18(9)7(2)14-6)8-5-13-17(3)10(8)12/h4-5H,12H2,1-3H3. The fraction of sp³-hybridized carbons (Fsp3) is 0.273. The molecular weight excluding hydrogens is 230 g/mol. The smallest absolute Gasteiger partial charge is 0.175 e. The Morgan fingerprint density at radius 3 is 2.67 bits per heavy atom. The molecule has 3 aromatic heterocycles. The van der Waals surface area contributed by atoms with Crippen molar-refractivity contribution in [2.75, 3.05) is 5.73 Å². The van der Waals surface area contributed by atoms with Crippen LogP contribution in [0.1, 0.15) is 11.5 Å². The van der Waals surface area contributed by atoms with Gasteiger partial charge in [0.1, 0.15) is 11.6 Å². The molecule has 92 valence electrons. The Bertz CT molecular complexity index is 737. The van der Waals surface area contributed by atoms with Gasteiger partial charge in [0.25, 0.3) is 0 Å². The molecule has 0 aliphatic carbocycles. The van der Waals surface area contributed by atoms with Crippen molar-refractivity contribution in [2.45, 2.75) is 13.8 Å². The highest BCUT2D eigenvalue weighted by molar-refractivity contribution is 5.70. The summed E-state index contributed by atoms with van der Waals surface area (Å²) in [5, 5.41) is 12.4. The van der Waals surface area contributed by atoms with Crippen molar-refractivity contribution < 1.29 is 0 Å². The lowest BCUT2D eigenvalue weighted by atomic mass is 10.3. The molecule has 3 aromatic rings. The molecule has 0 aliphatic rings. The molecule has 0 unspecified atom stereocenters. The van der Waals surface area contributed by atoms with E-state index in [1.165, 1.54) is 0 Å². The second kappa shape index (κ2) is 3.52. The number of aromatic nitrogens is 6. The number of rotatable bonds is 1. The minimum Gasteiger partial charge on any atom is -0.383 e. The van der Waals surface area contributed by atoms with Crippen LogP contribution in [0.2, 0.25) is 0 Å². The summed E-state index contributed by atoms with van der Waals surface area (Å²) in [5.74, 6) is 2.05. The second-order valence-corrected chi connectivity index (χ2v) is 4.23. The van der Waals surface area contributed by atoms with Gasteiger partial charge in [-0.3, -0.25) is 9.08 Å². The van der Waals surface area contributed by atoms with E-state index in [4.69, 9.17) is 5.73 Å². The lowest BCUT2D eigenvalue weighted by molar-refractivity contribution is 0.779. The number of anilines is 1. The highest BCUT2D eigenvalue weighted by Crippen LogP contribution is 2.24. The molecule has 0 fully saturated rings. The SMILES string of the molecule is Cc1cc2nnc(-c3cnn(C)c3N)n2c(C)n1. The largest absolute Gasteiger partial charge is 0.383 e. The molecule has 3 rings (SSSR count). The maximum atomic E-state index is 5.96. The van der Waals surface area contributed by atoms with Crippen LogP contribution in [0.15, 0.2) is 12.3 Å². The monoisotopic (exact) mass is 243 g/mol. The Kier molecular flexibility index (Phi) is 2.09. The molecule has 0 bridgehead atoms. The third kappa shape index (κ3) is 1.37. The number of nitrogens with two attached hydrogens (primary N) is 1. The van der Waals surface area contributed by atoms with E-state index in [0.29, 0.717) is 11.6 Å². The minimum atomic E-state index is 0.560. The van der Waals surface area contributed by atoms with Crippen LogP contribution in [0.3, 0.4) is 0 Å². The highest BCUT2D eigenvalue weighted by Gasteiger charge is 2.16. The molecule has 0 aliphatic heterocycles. The van der Waals surface area contributed by atoms with Gasteiger partial charge in [0.05, 0.1) is 11.8 Å². The van der Waals surface area contributed by atoms with Crippen molar-refractivity contribution in [3.8, 4) is 11.4 Å². The summed E-state index contributed by atoms with van der Waals surface area (Å²) in [7, 11) is 1.79. The average molecular weight is 243 g/mol. The zero-order valence-electron chi connectivity index (χ0n) is 10.4. The van der Waals surface area contributed by atoms with Gasteiger partial charge in [0, 0.05) is 18.8 Å². The summed E-state index contributed by atoms with van der Waals surface area (Å²) in [6, 6.07) is 1.88.